The summed E-state index contributed by atoms with van der Waals surface area (Å²) >= 11 is 0. The van der Waals surface area contributed by atoms with E-state index in [4.69, 9.17) is 4.74 Å². The molecule has 0 saturated heterocycles. The van der Waals surface area contributed by atoms with Crippen LogP contribution in [0, 0.1) is 24.0 Å². The number of rotatable bonds is 5. The predicted molar refractivity (Wildman–Crippen MR) is 108 cm³/mol. The zero-order valence-corrected chi connectivity index (χ0v) is 17.2. The van der Waals surface area contributed by atoms with E-state index in [-0.39, 0.29) is 11.6 Å². The number of nitrogens with one attached hydrogen (secondary N) is 1. The molecule has 1 atom stereocenters. The van der Waals surface area contributed by atoms with Gasteiger partial charge in [0.05, 0.1) is 4.92 Å². The van der Waals surface area contributed by atoms with E-state index >= 15 is 0 Å². The zero-order valence-electron chi connectivity index (χ0n) is 17.2. The number of aryl methyl sites for hydroxylation is 2. The topological polar surface area (TPSA) is 94.4 Å². The first kappa shape index (κ1) is 21.3. The largest absolute Gasteiger partial charge is 0.444 e. The summed E-state index contributed by atoms with van der Waals surface area (Å²) in [7, 11) is 0. The molecule has 0 aliphatic heterocycles. The highest BCUT2D eigenvalue weighted by Gasteiger charge is 2.18. The van der Waals surface area contributed by atoms with E-state index in [0.29, 0.717) is 12.2 Å². The maximum Gasteiger partial charge on any atom is 0.407 e. The lowest BCUT2D eigenvalue weighted by Gasteiger charge is -2.21. The van der Waals surface area contributed by atoms with Crippen LogP contribution in [0.2, 0.25) is 0 Å². The Labute approximate surface area is 165 Å². The van der Waals surface area contributed by atoms with Crippen molar-refractivity contribution in [2.45, 2.75) is 53.1 Å². The van der Waals surface area contributed by atoms with Crippen molar-refractivity contribution in [1.29, 1.82) is 0 Å². The second-order valence-corrected chi connectivity index (χ2v) is 7.89. The van der Waals surface area contributed by atoms with Crippen LogP contribution in [-0.2, 0) is 4.74 Å². The Bertz CT molecular complexity index is 870. The molecule has 0 fully saturated rings. The number of nitro groups is 1. The van der Waals surface area contributed by atoms with Gasteiger partial charge in [-0.1, -0.05) is 31.2 Å². The number of alkyl carbamates (subject to hydrolysis) is 1. The fourth-order valence-electron chi connectivity index (χ4n) is 2.85. The third kappa shape index (κ3) is 5.52. The van der Waals surface area contributed by atoms with Crippen molar-refractivity contribution in [3.8, 4) is 11.1 Å². The number of aromatic nitrogens is 1. The van der Waals surface area contributed by atoms with Gasteiger partial charge in [-0.25, -0.2) is 4.79 Å². The van der Waals surface area contributed by atoms with Gasteiger partial charge in [-0.2, -0.15) is 0 Å². The highest BCUT2D eigenvalue weighted by Crippen LogP contribution is 2.29. The predicted octanol–water partition coefficient (Wildman–Crippen LogP) is 4.90. The molecule has 1 amide bonds. The number of pyridine rings is 1. The maximum absolute atomic E-state index is 11.8. The summed E-state index contributed by atoms with van der Waals surface area (Å²) in [6.07, 6.45) is -0.440. The molecule has 150 valence electrons. The molecule has 0 unspecified atom stereocenters. The van der Waals surface area contributed by atoms with E-state index in [1.807, 2.05) is 58.9 Å². The van der Waals surface area contributed by atoms with Crippen molar-refractivity contribution >= 4 is 11.8 Å². The van der Waals surface area contributed by atoms with Crippen LogP contribution in [0.3, 0.4) is 0 Å². The molecular weight excluding hydrogens is 358 g/mol. The van der Waals surface area contributed by atoms with Gasteiger partial charge in [0.25, 0.3) is 5.69 Å². The minimum atomic E-state index is -0.530. The molecule has 1 heterocycles. The lowest BCUT2D eigenvalue weighted by molar-refractivity contribution is -0.385. The number of amides is 1. The Balaban J connectivity index is 2.12. The smallest absolute Gasteiger partial charge is 0.407 e. The molecule has 1 aromatic heterocycles. The summed E-state index contributed by atoms with van der Waals surface area (Å²) in [6, 6.07) is 9.33. The molecule has 2 rings (SSSR count). The van der Waals surface area contributed by atoms with Crippen LogP contribution in [0.15, 0.2) is 30.3 Å². The first-order valence-electron chi connectivity index (χ1n) is 9.17. The lowest BCUT2D eigenvalue weighted by Crippen LogP contribution is -2.34. The number of carbonyl (C=O) groups is 1. The molecule has 0 aliphatic carbocycles. The van der Waals surface area contributed by atoms with Crippen LogP contribution >= 0.6 is 0 Å². The summed E-state index contributed by atoms with van der Waals surface area (Å²) < 4.78 is 5.24. The summed E-state index contributed by atoms with van der Waals surface area (Å²) in [5.41, 5.74) is 3.29. The van der Waals surface area contributed by atoms with E-state index in [2.05, 4.69) is 10.3 Å². The quantitative estimate of drug-likeness (QED) is 0.583. The van der Waals surface area contributed by atoms with Crippen molar-refractivity contribution < 1.29 is 14.5 Å². The first-order chi connectivity index (χ1) is 13.0. The highest BCUT2D eigenvalue weighted by atomic mass is 16.6. The Morgan fingerprint density at radius 3 is 2.36 bits per heavy atom. The number of hydrogen-bond donors (Lipinski definition) is 1. The molecular formula is C21H27N3O4. The second-order valence-electron chi connectivity index (χ2n) is 7.89. The summed E-state index contributed by atoms with van der Waals surface area (Å²) in [5.74, 6) is 0.0909. The van der Waals surface area contributed by atoms with Gasteiger partial charge in [0.1, 0.15) is 11.3 Å². The number of carbonyl (C=O) groups excluding carboxylic acids is 1. The van der Waals surface area contributed by atoms with Gasteiger partial charge in [0.2, 0.25) is 0 Å². The van der Waals surface area contributed by atoms with Crippen LogP contribution in [0.1, 0.15) is 50.6 Å². The molecule has 0 radical (unpaired) electrons. The molecule has 28 heavy (non-hydrogen) atoms. The fourth-order valence-corrected chi connectivity index (χ4v) is 2.85. The minimum absolute atomic E-state index is 0.0135. The lowest BCUT2D eigenvalue weighted by atomic mass is 9.96. The first-order valence-corrected chi connectivity index (χ1v) is 9.17. The van der Waals surface area contributed by atoms with Gasteiger partial charge < -0.3 is 10.1 Å². The SMILES string of the molecule is Cc1nc(C)c([N+](=O)[O-])cc1-c1ccc([C@@H](C)CNC(=O)OC(C)(C)C)cc1. The Morgan fingerprint density at radius 2 is 1.82 bits per heavy atom. The van der Waals surface area contributed by atoms with Gasteiger partial charge in [0.15, 0.2) is 0 Å². The molecule has 7 nitrogen and oxygen atoms in total. The third-order valence-electron chi connectivity index (χ3n) is 4.32. The zero-order chi connectivity index (χ0) is 21.1. The average molecular weight is 385 g/mol. The molecule has 1 N–H and O–H groups in total. The van der Waals surface area contributed by atoms with Crippen LogP contribution in [-0.4, -0.2) is 28.1 Å². The van der Waals surface area contributed by atoms with Crippen molar-refractivity contribution in [2.75, 3.05) is 6.54 Å². The van der Waals surface area contributed by atoms with Crippen LogP contribution in [0.4, 0.5) is 10.5 Å². The number of ether oxygens (including phenoxy) is 1. The highest BCUT2D eigenvalue weighted by molar-refractivity contribution is 5.69. The Hall–Kier alpha value is -2.96. The van der Waals surface area contributed by atoms with Crippen LogP contribution in [0.25, 0.3) is 11.1 Å². The standard InChI is InChI=1S/C21H27N3O4/c1-13(12-22-20(25)28-21(4,5)6)16-7-9-17(10-8-16)18-11-19(24(26)27)15(3)23-14(18)2/h7-11,13H,12H2,1-6H3,(H,22,25)/t13-/m0/s1. The average Bonchev–Trinajstić information content (AvgIpc) is 2.58. The van der Waals surface area contributed by atoms with E-state index in [1.165, 1.54) is 0 Å². The van der Waals surface area contributed by atoms with Gasteiger partial charge in [0, 0.05) is 23.9 Å². The molecule has 0 spiro atoms. The molecule has 0 aliphatic rings. The van der Waals surface area contributed by atoms with Crippen LogP contribution in [0.5, 0.6) is 0 Å². The monoisotopic (exact) mass is 385 g/mol. The molecule has 1 aromatic carbocycles. The van der Waals surface area contributed by atoms with Gasteiger partial charge in [-0.3, -0.25) is 15.1 Å². The van der Waals surface area contributed by atoms with Crippen molar-refractivity contribution in [2.24, 2.45) is 0 Å². The van der Waals surface area contributed by atoms with Gasteiger partial charge in [-0.05, 0) is 51.7 Å². The van der Waals surface area contributed by atoms with Gasteiger partial charge in [-0.15, -0.1) is 0 Å². The normalized spacial score (nSPS) is 12.4. The maximum atomic E-state index is 11.8. The number of nitrogens with zero attached hydrogens (tertiary/aromatic N) is 2. The second kappa shape index (κ2) is 8.37. The van der Waals surface area contributed by atoms with Crippen molar-refractivity contribution in [3.63, 3.8) is 0 Å². The number of benzene rings is 1. The fraction of sp³-hybridized carbons (Fsp3) is 0.429. The van der Waals surface area contributed by atoms with Crippen molar-refractivity contribution in [3.05, 3.63) is 57.4 Å². The van der Waals surface area contributed by atoms with E-state index < -0.39 is 16.6 Å². The summed E-state index contributed by atoms with van der Waals surface area (Å²) in [5, 5.41) is 14.0. The molecule has 2 aromatic rings. The van der Waals surface area contributed by atoms with Gasteiger partial charge >= 0.3 is 6.09 Å². The van der Waals surface area contributed by atoms with E-state index in [1.54, 1.807) is 13.0 Å². The van der Waals surface area contributed by atoms with Crippen molar-refractivity contribution in [1.82, 2.24) is 10.3 Å². The Kier molecular flexibility index (Phi) is 6.38. The minimum Gasteiger partial charge on any atom is -0.444 e. The van der Waals surface area contributed by atoms with E-state index in [0.717, 1.165) is 22.4 Å². The molecule has 7 heteroatoms. The Morgan fingerprint density at radius 1 is 1.21 bits per heavy atom. The third-order valence-corrected chi connectivity index (χ3v) is 4.32. The summed E-state index contributed by atoms with van der Waals surface area (Å²) in [6.45, 7) is 11.4. The summed E-state index contributed by atoms with van der Waals surface area (Å²) in [4.78, 5) is 26.9. The van der Waals surface area contributed by atoms with Crippen LogP contribution < -0.4 is 5.32 Å². The number of hydrogen-bond acceptors (Lipinski definition) is 5. The molecule has 0 saturated carbocycles. The van der Waals surface area contributed by atoms with E-state index in [9.17, 15) is 14.9 Å². The molecule has 0 bridgehead atoms.